The van der Waals surface area contributed by atoms with Crippen molar-refractivity contribution >= 4 is 5.78 Å². The van der Waals surface area contributed by atoms with Crippen LogP contribution in [0.2, 0.25) is 0 Å². The van der Waals surface area contributed by atoms with Gasteiger partial charge in [-0.05, 0) is 49.8 Å². The Bertz CT molecular complexity index is 656. The zero-order valence-electron chi connectivity index (χ0n) is 17.3. The Morgan fingerprint density at radius 3 is 2.77 bits per heavy atom. The molecule has 1 aliphatic heterocycles. The minimum Gasteiger partial charge on any atom is -0.487 e. The highest BCUT2D eigenvalue weighted by Crippen LogP contribution is 2.51. The lowest BCUT2D eigenvalue weighted by Crippen LogP contribution is -2.47. The van der Waals surface area contributed by atoms with Crippen molar-refractivity contribution in [3.05, 3.63) is 29.3 Å². The van der Waals surface area contributed by atoms with Crippen LogP contribution in [0.25, 0.3) is 0 Å². The summed E-state index contributed by atoms with van der Waals surface area (Å²) in [7, 11) is 0. The topological polar surface area (TPSA) is 26.3 Å². The Morgan fingerprint density at radius 1 is 1.27 bits per heavy atom. The molecule has 2 heteroatoms. The van der Waals surface area contributed by atoms with E-state index in [0.29, 0.717) is 24.5 Å². The SMILES string of the molecule is CCCCCCC(C)(C)c1c[c]c2c(c1)OC(C)(C)[C@@H]1CCC(=O)C[C@@H]21. The van der Waals surface area contributed by atoms with Crippen LogP contribution in [0.1, 0.15) is 103 Å². The fourth-order valence-corrected chi connectivity index (χ4v) is 4.89. The molecule has 0 aromatic heterocycles. The lowest BCUT2D eigenvalue weighted by molar-refractivity contribution is -0.124. The normalized spacial score (nSPS) is 24.6. The molecule has 1 aromatic rings. The predicted octanol–water partition coefficient (Wildman–Crippen LogP) is 6.36. The summed E-state index contributed by atoms with van der Waals surface area (Å²) in [5, 5.41) is 0. The monoisotopic (exact) mass is 355 g/mol. The van der Waals surface area contributed by atoms with Crippen LogP contribution in [0.5, 0.6) is 5.75 Å². The van der Waals surface area contributed by atoms with Crippen LogP contribution in [0.3, 0.4) is 0 Å². The fraction of sp³-hybridized carbons (Fsp3) is 0.708. The Morgan fingerprint density at radius 2 is 2.04 bits per heavy atom. The summed E-state index contributed by atoms with van der Waals surface area (Å²) in [6, 6.07) is 7.95. The van der Waals surface area contributed by atoms with Gasteiger partial charge in [0.05, 0.1) is 0 Å². The van der Waals surface area contributed by atoms with E-state index in [1.165, 1.54) is 37.7 Å². The van der Waals surface area contributed by atoms with Crippen molar-refractivity contribution < 1.29 is 9.53 Å². The number of ketones is 1. The number of rotatable bonds is 6. The summed E-state index contributed by atoms with van der Waals surface area (Å²) in [6.45, 7) is 11.3. The summed E-state index contributed by atoms with van der Waals surface area (Å²) in [4.78, 5) is 12.1. The first-order valence-corrected chi connectivity index (χ1v) is 10.5. The minimum atomic E-state index is -0.212. The van der Waals surface area contributed by atoms with Gasteiger partial charge in [-0.25, -0.2) is 0 Å². The number of unbranched alkanes of at least 4 members (excludes halogenated alkanes) is 3. The van der Waals surface area contributed by atoms with E-state index >= 15 is 0 Å². The van der Waals surface area contributed by atoms with Crippen molar-refractivity contribution in [3.8, 4) is 5.75 Å². The smallest absolute Gasteiger partial charge is 0.133 e. The highest BCUT2D eigenvalue weighted by atomic mass is 16.5. The second-order valence-electron chi connectivity index (χ2n) is 9.56. The van der Waals surface area contributed by atoms with E-state index < -0.39 is 0 Å². The van der Waals surface area contributed by atoms with E-state index in [4.69, 9.17) is 4.74 Å². The molecule has 2 atom stereocenters. The van der Waals surface area contributed by atoms with Gasteiger partial charge in [0.25, 0.3) is 0 Å². The number of ether oxygens (including phenoxy) is 1. The van der Waals surface area contributed by atoms with Gasteiger partial charge in [-0.2, -0.15) is 0 Å². The Balaban J connectivity index is 1.85. The first kappa shape index (κ1) is 19.5. The number of hydrogen-bond donors (Lipinski definition) is 0. The summed E-state index contributed by atoms with van der Waals surface area (Å²) >= 11 is 0. The molecule has 0 spiro atoms. The molecule has 1 heterocycles. The average Bonchev–Trinajstić information content (AvgIpc) is 2.57. The predicted molar refractivity (Wildman–Crippen MR) is 107 cm³/mol. The maximum atomic E-state index is 12.1. The standard InChI is InChI=1S/C24H35O2/c1-6-7-8-9-14-23(2,3)17-10-12-19-20-16-18(25)11-13-21(20)24(4,5)26-22(19)15-17/h10,15,20-21H,6-9,11,13-14,16H2,1-5H3/t20-,21+/m0/s1. The molecule has 3 rings (SSSR count). The van der Waals surface area contributed by atoms with Crippen molar-refractivity contribution in [2.75, 3.05) is 0 Å². The molecule has 1 radical (unpaired) electrons. The van der Waals surface area contributed by atoms with Crippen LogP contribution in [0.4, 0.5) is 0 Å². The zero-order valence-corrected chi connectivity index (χ0v) is 17.3. The molecule has 1 fully saturated rings. The Labute approximate surface area is 159 Å². The van der Waals surface area contributed by atoms with Crippen LogP contribution in [0.15, 0.2) is 12.1 Å². The van der Waals surface area contributed by atoms with E-state index in [-0.39, 0.29) is 16.9 Å². The number of carbonyl (C=O) groups excluding carboxylic acids is 1. The van der Waals surface area contributed by atoms with Crippen LogP contribution in [-0.4, -0.2) is 11.4 Å². The summed E-state index contributed by atoms with van der Waals surface area (Å²) in [5.41, 5.74) is 2.36. The maximum absolute atomic E-state index is 12.1. The van der Waals surface area contributed by atoms with Crippen molar-refractivity contribution in [1.82, 2.24) is 0 Å². The third-order valence-corrected chi connectivity index (χ3v) is 6.68. The van der Waals surface area contributed by atoms with Crippen LogP contribution < -0.4 is 4.74 Å². The van der Waals surface area contributed by atoms with E-state index in [9.17, 15) is 4.79 Å². The number of carbonyl (C=O) groups is 1. The van der Waals surface area contributed by atoms with E-state index in [0.717, 1.165) is 17.7 Å². The maximum Gasteiger partial charge on any atom is 0.133 e. The van der Waals surface area contributed by atoms with Crippen LogP contribution in [-0.2, 0) is 10.2 Å². The molecule has 2 aliphatic rings. The molecular weight excluding hydrogens is 320 g/mol. The lowest BCUT2D eigenvalue weighted by atomic mass is 9.66. The van der Waals surface area contributed by atoms with Gasteiger partial charge in [0.2, 0.25) is 0 Å². The average molecular weight is 356 g/mol. The Kier molecular flexibility index (Phi) is 5.51. The van der Waals surface area contributed by atoms with Crippen LogP contribution >= 0.6 is 0 Å². The van der Waals surface area contributed by atoms with Crippen molar-refractivity contribution in [1.29, 1.82) is 0 Å². The molecule has 1 aromatic carbocycles. The van der Waals surface area contributed by atoms with E-state index in [1.54, 1.807) is 0 Å². The van der Waals surface area contributed by atoms with Crippen molar-refractivity contribution in [2.24, 2.45) is 5.92 Å². The van der Waals surface area contributed by atoms with E-state index in [1.807, 2.05) is 0 Å². The van der Waals surface area contributed by atoms with Gasteiger partial charge < -0.3 is 4.74 Å². The minimum absolute atomic E-state index is 0.131. The molecule has 26 heavy (non-hydrogen) atoms. The molecule has 1 saturated carbocycles. The van der Waals surface area contributed by atoms with E-state index in [2.05, 4.69) is 52.8 Å². The second-order valence-corrected chi connectivity index (χ2v) is 9.56. The van der Waals surface area contributed by atoms with Gasteiger partial charge in [-0.15, -0.1) is 0 Å². The first-order valence-electron chi connectivity index (χ1n) is 10.5. The largest absolute Gasteiger partial charge is 0.487 e. The number of fused-ring (bicyclic) bond motifs is 3. The van der Waals surface area contributed by atoms with Gasteiger partial charge in [-0.1, -0.05) is 52.5 Å². The molecule has 143 valence electrons. The van der Waals surface area contributed by atoms with Gasteiger partial charge in [0.1, 0.15) is 17.1 Å². The van der Waals surface area contributed by atoms with Gasteiger partial charge in [-0.3, -0.25) is 4.79 Å². The molecule has 0 unspecified atom stereocenters. The molecule has 0 saturated heterocycles. The highest BCUT2D eigenvalue weighted by molar-refractivity contribution is 5.80. The Hall–Kier alpha value is -1.31. The highest BCUT2D eigenvalue weighted by Gasteiger charge is 2.46. The summed E-state index contributed by atoms with van der Waals surface area (Å²) in [5.74, 6) is 2.04. The third-order valence-electron chi connectivity index (χ3n) is 6.68. The van der Waals surface area contributed by atoms with Gasteiger partial charge >= 0.3 is 0 Å². The third kappa shape index (κ3) is 3.85. The lowest BCUT2D eigenvalue weighted by Gasteiger charge is -2.47. The molecule has 0 amide bonds. The number of hydrogen-bond acceptors (Lipinski definition) is 2. The summed E-state index contributed by atoms with van der Waals surface area (Å²) < 4.78 is 6.46. The number of Topliss-reactive ketones (excluding diaryl/α,β-unsaturated/α-hetero) is 1. The molecular formula is C24H35O2. The van der Waals surface area contributed by atoms with Crippen molar-refractivity contribution in [3.63, 3.8) is 0 Å². The summed E-state index contributed by atoms with van der Waals surface area (Å²) in [6.07, 6.45) is 8.65. The molecule has 2 nitrogen and oxygen atoms in total. The first-order chi connectivity index (χ1) is 12.2. The molecule has 1 aliphatic carbocycles. The quantitative estimate of drug-likeness (QED) is 0.555. The second kappa shape index (κ2) is 7.37. The van der Waals surface area contributed by atoms with Crippen LogP contribution in [0, 0.1) is 12.0 Å². The van der Waals surface area contributed by atoms with Gasteiger partial charge in [0, 0.05) is 30.2 Å². The number of benzene rings is 1. The van der Waals surface area contributed by atoms with Gasteiger partial charge in [0.15, 0.2) is 0 Å². The fourth-order valence-electron chi connectivity index (χ4n) is 4.89. The molecule has 0 N–H and O–H groups in total. The zero-order chi connectivity index (χ0) is 18.9. The van der Waals surface area contributed by atoms with Crippen molar-refractivity contribution in [2.45, 2.75) is 103 Å². The molecule has 0 bridgehead atoms.